The van der Waals surface area contributed by atoms with Gasteiger partial charge < -0.3 is 10.6 Å². The van der Waals surface area contributed by atoms with Crippen molar-refractivity contribution < 1.29 is 0 Å². The summed E-state index contributed by atoms with van der Waals surface area (Å²) >= 11 is 0. The molecule has 2 aliphatic rings. The molecule has 2 N–H and O–H groups in total. The predicted octanol–water partition coefficient (Wildman–Crippen LogP) is 2.52. The van der Waals surface area contributed by atoms with Gasteiger partial charge in [0.1, 0.15) is 0 Å². The molecule has 2 rings (SSSR count). The van der Waals surface area contributed by atoms with Crippen molar-refractivity contribution in [3.05, 3.63) is 0 Å². The van der Waals surface area contributed by atoms with Crippen LogP contribution in [0.15, 0.2) is 0 Å². The van der Waals surface area contributed by atoms with Gasteiger partial charge >= 0.3 is 0 Å². The molecule has 2 heteroatoms. The van der Waals surface area contributed by atoms with E-state index >= 15 is 0 Å². The van der Waals surface area contributed by atoms with Crippen LogP contribution in [0, 0.1) is 0 Å². The molecule has 0 heterocycles. The molecule has 2 aliphatic carbocycles. The fourth-order valence-corrected chi connectivity index (χ4v) is 2.91. The minimum Gasteiger partial charge on any atom is -0.325 e. The van der Waals surface area contributed by atoms with Gasteiger partial charge in [-0.2, -0.15) is 0 Å². The molecule has 0 aromatic carbocycles. The van der Waals surface area contributed by atoms with Gasteiger partial charge in [-0.25, -0.2) is 0 Å². The van der Waals surface area contributed by atoms with Crippen LogP contribution >= 0.6 is 0 Å². The second-order valence-electron chi connectivity index (χ2n) is 5.53. The third-order valence-corrected chi connectivity index (χ3v) is 4.22. The molecular formula is C13H26N2. The Hall–Kier alpha value is -0.0800. The van der Waals surface area contributed by atoms with Crippen LogP contribution in [0.1, 0.15) is 58.3 Å². The summed E-state index contributed by atoms with van der Waals surface area (Å²) in [6.45, 7) is 4.72. The van der Waals surface area contributed by atoms with Crippen LogP contribution in [-0.2, 0) is 0 Å². The molecule has 0 aromatic rings. The summed E-state index contributed by atoms with van der Waals surface area (Å²) in [4.78, 5) is 2.63. The van der Waals surface area contributed by atoms with Gasteiger partial charge in [-0.15, -0.1) is 0 Å². The standard InChI is InChI=1S/C13H26N2/c1-2-15(12-6-7-12)11-10-13(14)8-4-3-5-9-13/h12H,2-11,14H2,1H3. The summed E-state index contributed by atoms with van der Waals surface area (Å²) in [5.41, 5.74) is 6.64. The maximum atomic E-state index is 6.46. The summed E-state index contributed by atoms with van der Waals surface area (Å²) in [7, 11) is 0. The van der Waals surface area contributed by atoms with Crippen molar-refractivity contribution in [2.45, 2.75) is 69.9 Å². The van der Waals surface area contributed by atoms with Gasteiger partial charge in [-0.3, -0.25) is 0 Å². The van der Waals surface area contributed by atoms with Gasteiger partial charge in [0, 0.05) is 18.1 Å². The van der Waals surface area contributed by atoms with Gasteiger partial charge in [0.05, 0.1) is 0 Å². The van der Waals surface area contributed by atoms with Crippen molar-refractivity contribution in [2.75, 3.05) is 13.1 Å². The number of hydrogen-bond donors (Lipinski definition) is 1. The van der Waals surface area contributed by atoms with E-state index in [1.54, 1.807) is 0 Å². The number of nitrogens with two attached hydrogens (primary N) is 1. The van der Waals surface area contributed by atoms with Crippen LogP contribution in [0.2, 0.25) is 0 Å². The van der Waals surface area contributed by atoms with Gasteiger partial charge in [0.25, 0.3) is 0 Å². The lowest BCUT2D eigenvalue weighted by molar-refractivity contribution is 0.208. The molecule has 0 radical (unpaired) electrons. The zero-order chi connectivity index (χ0) is 10.7. The summed E-state index contributed by atoms with van der Waals surface area (Å²) in [5, 5.41) is 0. The van der Waals surface area contributed by atoms with Crippen molar-refractivity contribution in [1.82, 2.24) is 4.90 Å². The highest BCUT2D eigenvalue weighted by molar-refractivity contribution is 4.90. The maximum absolute atomic E-state index is 6.46. The van der Waals surface area contributed by atoms with Gasteiger partial charge in [0.2, 0.25) is 0 Å². The normalized spacial score (nSPS) is 25.8. The minimum absolute atomic E-state index is 0.181. The summed E-state index contributed by atoms with van der Waals surface area (Å²) in [5.74, 6) is 0. The van der Waals surface area contributed by atoms with Crippen LogP contribution in [0.5, 0.6) is 0 Å². The summed E-state index contributed by atoms with van der Waals surface area (Å²) in [6.07, 6.45) is 10.7. The highest BCUT2D eigenvalue weighted by Crippen LogP contribution is 2.31. The quantitative estimate of drug-likeness (QED) is 0.755. The lowest BCUT2D eigenvalue weighted by Crippen LogP contribution is -2.45. The summed E-state index contributed by atoms with van der Waals surface area (Å²) < 4.78 is 0. The van der Waals surface area contributed by atoms with Crippen molar-refractivity contribution in [2.24, 2.45) is 5.73 Å². The smallest absolute Gasteiger partial charge is 0.0166 e. The van der Waals surface area contributed by atoms with Crippen LogP contribution in [-0.4, -0.2) is 29.6 Å². The Morgan fingerprint density at radius 2 is 1.87 bits per heavy atom. The molecule has 0 unspecified atom stereocenters. The van der Waals surface area contributed by atoms with E-state index in [1.807, 2.05) is 0 Å². The molecule has 2 saturated carbocycles. The molecule has 0 aliphatic heterocycles. The number of rotatable bonds is 5. The van der Waals surface area contributed by atoms with Crippen molar-refractivity contribution in [1.29, 1.82) is 0 Å². The van der Waals surface area contributed by atoms with E-state index in [0.29, 0.717) is 0 Å². The average molecular weight is 210 g/mol. The first kappa shape index (κ1) is 11.4. The maximum Gasteiger partial charge on any atom is 0.0166 e. The lowest BCUT2D eigenvalue weighted by atomic mass is 9.80. The fraction of sp³-hybridized carbons (Fsp3) is 1.00. The Labute approximate surface area is 94.2 Å². The minimum atomic E-state index is 0.181. The monoisotopic (exact) mass is 210 g/mol. The predicted molar refractivity (Wildman–Crippen MR) is 64.9 cm³/mol. The third kappa shape index (κ3) is 3.18. The van der Waals surface area contributed by atoms with Gasteiger partial charge in [-0.05, 0) is 38.6 Å². The molecule has 15 heavy (non-hydrogen) atoms. The molecule has 0 amide bonds. The van der Waals surface area contributed by atoms with Crippen LogP contribution < -0.4 is 5.73 Å². The average Bonchev–Trinajstić information content (AvgIpc) is 3.04. The zero-order valence-electron chi connectivity index (χ0n) is 10.2. The topological polar surface area (TPSA) is 29.3 Å². The van der Waals surface area contributed by atoms with Crippen molar-refractivity contribution >= 4 is 0 Å². The molecule has 2 fully saturated rings. The van der Waals surface area contributed by atoms with E-state index in [2.05, 4.69) is 11.8 Å². The van der Waals surface area contributed by atoms with E-state index in [1.165, 1.54) is 64.5 Å². The zero-order valence-corrected chi connectivity index (χ0v) is 10.2. The molecular weight excluding hydrogens is 184 g/mol. The van der Waals surface area contributed by atoms with Crippen molar-refractivity contribution in [3.63, 3.8) is 0 Å². The molecule has 0 aromatic heterocycles. The van der Waals surface area contributed by atoms with Gasteiger partial charge in [0.15, 0.2) is 0 Å². The van der Waals surface area contributed by atoms with E-state index in [9.17, 15) is 0 Å². The number of nitrogens with zero attached hydrogens (tertiary/aromatic N) is 1. The second-order valence-corrected chi connectivity index (χ2v) is 5.53. The molecule has 0 bridgehead atoms. The van der Waals surface area contributed by atoms with Gasteiger partial charge in [-0.1, -0.05) is 26.2 Å². The first-order chi connectivity index (χ1) is 7.23. The first-order valence-corrected chi connectivity index (χ1v) is 6.76. The fourth-order valence-electron chi connectivity index (χ4n) is 2.91. The van der Waals surface area contributed by atoms with E-state index in [4.69, 9.17) is 5.73 Å². The SMILES string of the molecule is CCN(CCC1(N)CCCCC1)C1CC1. The number of hydrogen-bond acceptors (Lipinski definition) is 2. The molecule has 0 spiro atoms. The van der Waals surface area contributed by atoms with E-state index in [-0.39, 0.29) is 5.54 Å². The Bertz CT molecular complexity index is 193. The largest absolute Gasteiger partial charge is 0.325 e. The molecule has 0 saturated heterocycles. The molecule has 88 valence electrons. The Morgan fingerprint density at radius 1 is 1.20 bits per heavy atom. The second kappa shape index (κ2) is 4.84. The third-order valence-electron chi connectivity index (χ3n) is 4.22. The van der Waals surface area contributed by atoms with Crippen LogP contribution in [0.25, 0.3) is 0 Å². The Morgan fingerprint density at radius 3 is 2.40 bits per heavy atom. The summed E-state index contributed by atoms with van der Waals surface area (Å²) in [6, 6.07) is 0.905. The highest BCUT2D eigenvalue weighted by atomic mass is 15.2. The first-order valence-electron chi connectivity index (χ1n) is 6.76. The molecule has 0 atom stereocenters. The van der Waals surface area contributed by atoms with Crippen LogP contribution in [0.4, 0.5) is 0 Å². The van der Waals surface area contributed by atoms with Crippen LogP contribution in [0.3, 0.4) is 0 Å². The van der Waals surface area contributed by atoms with E-state index < -0.39 is 0 Å². The Kier molecular flexibility index (Phi) is 3.68. The molecule has 2 nitrogen and oxygen atoms in total. The van der Waals surface area contributed by atoms with E-state index in [0.717, 1.165) is 6.04 Å². The van der Waals surface area contributed by atoms with Crippen molar-refractivity contribution in [3.8, 4) is 0 Å². The lowest BCUT2D eigenvalue weighted by Gasteiger charge is -2.35. The Balaban J connectivity index is 1.74. The highest BCUT2D eigenvalue weighted by Gasteiger charge is 2.31.